The van der Waals surface area contributed by atoms with Crippen molar-refractivity contribution < 1.29 is 19.4 Å². The Bertz CT molecular complexity index is 991. The number of terminal acetylenes is 1. The lowest BCUT2D eigenvalue weighted by molar-refractivity contribution is -0.178. The van der Waals surface area contributed by atoms with Gasteiger partial charge in [-0.1, -0.05) is 72.1 Å². The fraction of sp³-hybridized carbons (Fsp3) is 0.784. The predicted octanol–water partition coefficient (Wildman–Crippen LogP) is 9.25. The molecular formula is C37H58O4. The van der Waals surface area contributed by atoms with Crippen LogP contribution in [0.15, 0.2) is 24.3 Å². The van der Waals surface area contributed by atoms with Crippen molar-refractivity contribution >= 4 is 12.4 Å². The molecule has 0 spiro atoms. The van der Waals surface area contributed by atoms with Crippen LogP contribution < -0.4 is 0 Å². The highest BCUT2D eigenvalue weighted by Gasteiger charge is 2.63. The molecule has 5 aliphatic rings. The van der Waals surface area contributed by atoms with Gasteiger partial charge < -0.3 is 9.84 Å². The van der Waals surface area contributed by atoms with Gasteiger partial charge in [-0.3, -0.25) is 9.59 Å². The zero-order valence-electron chi connectivity index (χ0n) is 26.9. The third-order valence-corrected chi connectivity index (χ3v) is 12.6. The molecular weight excluding hydrogens is 508 g/mol. The van der Waals surface area contributed by atoms with E-state index in [1.165, 1.54) is 64.2 Å². The fourth-order valence-corrected chi connectivity index (χ4v) is 11.0. The fourth-order valence-electron chi connectivity index (χ4n) is 11.0. The number of hydrogen-bond acceptors (Lipinski definition) is 3. The maximum atomic E-state index is 12.4. The molecule has 10 unspecified atom stereocenters. The van der Waals surface area contributed by atoms with Crippen molar-refractivity contribution in [1.82, 2.24) is 0 Å². The molecule has 4 nitrogen and oxygen atoms in total. The Hall–Kier alpha value is -2.02. The van der Waals surface area contributed by atoms with E-state index in [0.29, 0.717) is 40.9 Å². The summed E-state index contributed by atoms with van der Waals surface area (Å²) in [6.07, 6.45) is 25.5. The molecule has 0 amide bonds. The van der Waals surface area contributed by atoms with Crippen molar-refractivity contribution in [3.8, 4) is 12.3 Å². The largest absolute Gasteiger partial charge is 0.483 e. The average Bonchev–Trinajstić information content (AvgIpc) is 2.95. The highest BCUT2D eigenvalue weighted by molar-refractivity contribution is 5.69. The smallest absolute Gasteiger partial charge is 0.307 e. The Kier molecular flexibility index (Phi) is 11.4. The van der Waals surface area contributed by atoms with Crippen LogP contribution in [0.2, 0.25) is 0 Å². The van der Waals surface area contributed by atoms with Gasteiger partial charge in [0.15, 0.2) is 0 Å². The maximum absolute atomic E-state index is 12.4. The van der Waals surface area contributed by atoms with Crippen LogP contribution in [0.5, 0.6) is 0 Å². The zero-order valence-corrected chi connectivity index (χ0v) is 26.9. The number of carboxylic acid groups (broad SMARTS) is 1. The van der Waals surface area contributed by atoms with Gasteiger partial charge in [-0.15, -0.1) is 18.9 Å². The Morgan fingerprint density at radius 1 is 1.12 bits per heavy atom. The first-order valence-corrected chi connectivity index (χ1v) is 16.6. The summed E-state index contributed by atoms with van der Waals surface area (Å²) < 4.78 is 6.00. The Labute approximate surface area is 251 Å². The highest BCUT2D eigenvalue weighted by atomic mass is 16.5. The van der Waals surface area contributed by atoms with Crippen molar-refractivity contribution in [3.05, 3.63) is 24.3 Å². The summed E-state index contributed by atoms with van der Waals surface area (Å²) in [4.78, 5) is 20.7. The van der Waals surface area contributed by atoms with E-state index in [2.05, 4.69) is 52.3 Å². The lowest BCUT2D eigenvalue weighted by Gasteiger charge is -2.67. The first-order valence-electron chi connectivity index (χ1n) is 16.6. The summed E-state index contributed by atoms with van der Waals surface area (Å²) in [7, 11) is 0. The summed E-state index contributed by atoms with van der Waals surface area (Å²) >= 11 is 0. The van der Waals surface area contributed by atoms with Crippen LogP contribution >= 0.6 is 0 Å². The molecule has 0 aliphatic heterocycles. The van der Waals surface area contributed by atoms with Gasteiger partial charge in [0.1, 0.15) is 6.10 Å². The van der Waals surface area contributed by atoms with E-state index in [0.717, 1.165) is 30.1 Å². The van der Waals surface area contributed by atoms with Gasteiger partial charge >= 0.3 is 5.97 Å². The van der Waals surface area contributed by atoms with Crippen LogP contribution in [0.4, 0.5) is 0 Å². The second kappa shape index (κ2) is 14.0. The number of carbonyl (C=O) groups is 2. The number of hydrogen-bond donors (Lipinski definition) is 1. The van der Waals surface area contributed by atoms with Crippen molar-refractivity contribution in [1.29, 1.82) is 0 Å². The highest BCUT2D eigenvalue weighted by Crippen LogP contribution is 2.71. The molecule has 230 valence electrons. The number of carbonyl (C=O) groups excluding carboxylic acids is 1. The van der Waals surface area contributed by atoms with Gasteiger partial charge in [-0.05, 0) is 110 Å². The minimum Gasteiger partial charge on any atom is -0.483 e. The standard InChI is InChI=1S/C34H50O2.C2H6.CH2O2/c1-7-9-12-30(35)36-28-17-21-32(5)26(24(28)4)15-20-33(6)27-16-22-34(18-8-2)19-10-11-23(3)31(34)25(27)13-14-29(32)33;1-2;2-1-3/h1,8,13,23-24,26-29,31H,2,9-12,14-22H2,3-6H3;1-2H3;1H,(H,2,3). The molecule has 4 fully saturated rings. The van der Waals surface area contributed by atoms with Crippen LogP contribution in [0.3, 0.4) is 0 Å². The third kappa shape index (κ3) is 6.07. The van der Waals surface area contributed by atoms with Gasteiger partial charge in [0.25, 0.3) is 6.47 Å². The minimum atomic E-state index is -0.250. The molecule has 4 saturated carbocycles. The lowest BCUT2D eigenvalue weighted by atomic mass is 9.38. The van der Waals surface area contributed by atoms with Gasteiger partial charge in [-0.25, -0.2) is 0 Å². The topological polar surface area (TPSA) is 63.6 Å². The molecule has 0 aromatic carbocycles. The maximum Gasteiger partial charge on any atom is 0.307 e. The van der Waals surface area contributed by atoms with Crippen molar-refractivity contribution in [3.63, 3.8) is 0 Å². The molecule has 0 bridgehead atoms. The molecule has 0 saturated heterocycles. The quantitative estimate of drug-likeness (QED) is 0.156. The van der Waals surface area contributed by atoms with Gasteiger partial charge in [0, 0.05) is 6.42 Å². The van der Waals surface area contributed by atoms with Crippen molar-refractivity contribution in [2.45, 2.75) is 131 Å². The van der Waals surface area contributed by atoms with Crippen LogP contribution in [0, 0.1) is 64.1 Å². The normalized spacial score (nSPS) is 42.3. The third-order valence-electron chi connectivity index (χ3n) is 12.6. The van der Waals surface area contributed by atoms with Gasteiger partial charge in [0.2, 0.25) is 0 Å². The zero-order chi connectivity index (χ0) is 30.4. The van der Waals surface area contributed by atoms with Crippen LogP contribution in [0.25, 0.3) is 0 Å². The molecule has 5 rings (SSSR count). The second-order valence-electron chi connectivity index (χ2n) is 14.2. The predicted molar refractivity (Wildman–Crippen MR) is 168 cm³/mol. The molecule has 0 heterocycles. The van der Waals surface area contributed by atoms with Gasteiger partial charge in [-0.2, -0.15) is 0 Å². The Morgan fingerprint density at radius 3 is 2.46 bits per heavy atom. The summed E-state index contributed by atoms with van der Waals surface area (Å²) in [5.74, 6) is 6.61. The number of fused-ring (bicyclic) bond motifs is 7. The van der Waals surface area contributed by atoms with E-state index in [-0.39, 0.29) is 18.5 Å². The number of ether oxygens (including phenoxy) is 1. The SMILES string of the molecule is C#CCCC(=O)OC1CCC2(C)C(CCC3(C)C4CCC5(CC=C)CCCC(C)C5C4=CCC32)C1C.CC.O=CO. The molecule has 0 radical (unpaired) electrons. The number of esters is 1. The molecule has 0 aromatic heterocycles. The summed E-state index contributed by atoms with van der Waals surface area (Å²) in [5, 5.41) is 6.89. The minimum absolute atomic E-state index is 0.0599. The number of allylic oxidation sites excluding steroid dienone is 3. The Balaban J connectivity index is 0.000000868. The van der Waals surface area contributed by atoms with E-state index >= 15 is 0 Å². The first kappa shape index (κ1) is 33.5. The molecule has 5 aliphatic carbocycles. The lowest BCUT2D eigenvalue weighted by Crippen LogP contribution is -2.60. The molecule has 1 N–H and O–H groups in total. The monoisotopic (exact) mass is 566 g/mol. The Morgan fingerprint density at radius 2 is 1.80 bits per heavy atom. The van der Waals surface area contributed by atoms with Crippen LogP contribution in [-0.4, -0.2) is 23.7 Å². The van der Waals surface area contributed by atoms with E-state index in [1.54, 1.807) is 0 Å². The molecule has 0 aromatic rings. The summed E-state index contributed by atoms with van der Waals surface area (Å²) in [6, 6.07) is 0. The van der Waals surface area contributed by atoms with E-state index in [1.807, 2.05) is 19.4 Å². The van der Waals surface area contributed by atoms with Gasteiger partial charge in [0.05, 0.1) is 6.42 Å². The van der Waals surface area contributed by atoms with E-state index < -0.39 is 0 Å². The van der Waals surface area contributed by atoms with Crippen molar-refractivity contribution in [2.75, 3.05) is 0 Å². The van der Waals surface area contributed by atoms with Crippen LogP contribution in [-0.2, 0) is 14.3 Å². The van der Waals surface area contributed by atoms with Crippen molar-refractivity contribution in [2.24, 2.45) is 51.8 Å². The number of rotatable bonds is 5. The van der Waals surface area contributed by atoms with E-state index in [4.69, 9.17) is 21.1 Å². The molecule has 41 heavy (non-hydrogen) atoms. The summed E-state index contributed by atoms with van der Waals surface area (Å²) in [6.45, 7) is 18.1. The summed E-state index contributed by atoms with van der Waals surface area (Å²) in [5.41, 5.74) is 3.08. The first-order chi connectivity index (χ1) is 19.6. The molecule has 4 heteroatoms. The van der Waals surface area contributed by atoms with E-state index in [9.17, 15) is 4.79 Å². The second-order valence-corrected chi connectivity index (χ2v) is 14.2. The average molecular weight is 567 g/mol. The van der Waals surface area contributed by atoms with Crippen LogP contribution in [0.1, 0.15) is 125 Å². The molecule has 10 atom stereocenters.